The van der Waals surface area contributed by atoms with Crippen molar-refractivity contribution < 1.29 is 14.4 Å². The van der Waals surface area contributed by atoms with Gasteiger partial charge in [-0.05, 0) is 24.8 Å². The highest BCUT2D eigenvalue weighted by Crippen LogP contribution is 2.39. The number of benzene rings is 1. The molecule has 134 valence electrons. The first-order chi connectivity index (χ1) is 12.0. The summed E-state index contributed by atoms with van der Waals surface area (Å²) < 4.78 is 0. The Morgan fingerprint density at radius 3 is 2.68 bits per heavy atom. The fraction of sp³-hybridized carbons (Fsp3) is 0.526. The maximum Gasteiger partial charge on any atom is 0.324 e. The van der Waals surface area contributed by atoms with Crippen LogP contribution in [0.5, 0.6) is 0 Å². The molecular formula is C19H25N3O3. The highest BCUT2D eigenvalue weighted by atomic mass is 16.2. The molecule has 2 fully saturated rings. The molecular weight excluding hydrogens is 318 g/mol. The minimum Gasteiger partial charge on any atom is -0.355 e. The summed E-state index contributed by atoms with van der Waals surface area (Å²) in [7, 11) is 1.50. The van der Waals surface area contributed by atoms with Crippen molar-refractivity contribution in [2.45, 2.75) is 44.1 Å². The van der Waals surface area contributed by atoms with Gasteiger partial charge in [0.1, 0.15) is 5.54 Å². The zero-order chi connectivity index (χ0) is 18.0. The average molecular weight is 343 g/mol. The zero-order valence-corrected chi connectivity index (χ0v) is 14.7. The first kappa shape index (κ1) is 17.5. The van der Waals surface area contributed by atoms with Crippen LogP contribution in [0.3, 0.4) is 0 Å². The third-order valence-corrected chi connectivity index (χ3v) is 5.59. The fourth-order valence-corrected chi connectivity index (χ4v) is 4.12. The molecule has 1 spiro atoms. The number of nitrogens with zero attached hydrogens (tertiary/aromatic N) is 1. The Balaban J connectivity index is 1.67. The van der Waals surface area contributed by atoms with Gasteiger partial charge in [-0.25, -0.2) is 4.79 Å². The number of imide groups is 1. The Morgan fingerprint density at radius 1 is 1.36 bits per heavy atom. The van der Waals surface area contributed by atoms with Crippen LogP contribution in [0.15, 0.2) is 30.3 Å². The van der Waals surface area contributed by atoms with Gasteiger partial charge in [0.05, 0.1) is 5.92 Å². The van der Waals surface area contributed by atoms with Gasteiger partial charge < -0.3 is 10.6 Å². The van der Waals surface area contributed by atoms with Crippen molar-refractivity contribution in [3.63, 3.8) is 0 Å². The highest BCUT2D eigenvalue weighted by molar-refractivity contribution is 6.07. The topological polar surface area (TPSA) is 78.5 Å². The Morgan fingerprint density at radius 2 is 2.08 bits per heavy atom. The maximum atomic E-state index is 12.7. The van der Waals surface area contributed by atoms with Crippen LogP contribution in [0.2, 0.25) is 0 Å². The van der Waals surface area contributed by atoms with Crippen molar-refractivity contribution in [2.75, 3.05) is 13.6 Å². The van der Waals surface area contributed by atoms with Crippen LogP contribution in [-0.4, -0.2) is 41.9 Å². The second kappa shape index (κ2) is 6.86. The van der Waals surface area contributed by atoms with Crippen LogP contribution in [0.4, 0.5) is 4.79 Å². The van der Waals surface area contributed by atoms with E-state index in [0.29, 0.717) is 19.4 Å². The number of rotatable bonds is 5. The van der Waals surface area contributed by atoms with Gasteiger partial charge in [-0.15, -0.1) is 0 Å². The minimum atomic E-state index is -0.840. The number of nitrogens with one attached hydrogen (secondary N) is 2. The van der Waals surface area contributed by atoms with Gasteiger partial charge in [0.25, 0.3) is 5.91 Å². The van der Waals surface area contributed by atoms with Crippen molar-refractivity contribution in [3.8, 4) is 0 Å². The predicted molar refractivity (Wildman–Crippen MR) is 93.9 cm³/mol. The zero-order valence-electron chi connectivity index (χ0n) is 14.7. The van der Waals surface area contributed by atoms with Crippen LogP contribution in [0, 0.1) is 5.92 Å². The molecule has 6 nitrogen and oxygen atoms in total. The summed E-state index contributed by atoms with van der Waals surface area (Å²) in [5, 5.41) is 5.88. The molecule has 0 radical (unpaired) electrons. The quantitative estimate of drug-likeness (QED) is 0.803. The highest BCUT2D eigenvalue weighted by Gasteiger charge is 2.56. The molecule has 2 aliphatic rings. The van der Waals surface area contributed by atoms with Gasteiger partial charge in [0, 0.05) is 19.5 Å². The van der Waals surface area contributed by atoms with Crippen molar-refractivity contribution in [2.24, 2.45) is 5.92 Å². The molecule has 0 aromatic heterocycles. The molecule has 0 bridgehead atoms. The van der Waals surface area contributed by atoms with Crippen molar-refractivity contribution in [3.05, 3.63) is 35.9 Å². The second-order valence-electron chi connectivity index (χ2n) is 6.97. The van der Waals surface area contributed by atoms with E-state index in [9.17, 15) is 14.4 Å². The van der Waals surface area contributed by atoms with Gasteiger partial charge >= 0.3 is 6.03 Å². The van der Waals surface area contributed by atoms with E-state index >= 15 is 0 Å². The summed E-state index contributed by atoms with van der Waals surface area (Å²) in [4.78, 5) is 38.2. The van der Waals surface area contributed by atoms with Crippen LogP contribution in [0.25, 0.3) is 0 Å². The van der Waals surface area contributed by atoms with Crippen LogP contribution >= 0.6 is 0 Å². The first-order valence-corrected chi connectivity index (χ1v) is 8.92. The number of urea groups is 1. The summed E-state index contributed by atoms with van der Waals surface area (Å²) in [6.45, 7) is 2.39. The van der Waals surface area contributed by atoms with Gasteiger partial charge in [-0.1, -0.05) is 43.7 Å². The summed E-state index contributed by atoms with van der Waals surface area (Å²) in [6, 6.07) is 9.36. The molecule has 25 heavy (non-hydrogen) atoms. The second-order valence-corrected chi connectivity index (χ2v) is 6.97. The molecule has 4 amide bonds. The molecule has 3 atom stereocenters. The van der Waals surface area contributed by atoms with Gasteiger partial charge in [-0.3, -0.25) is 14.5 Å². The van der Waals surface area contributed by atoms with E-state index in [1.807, 2.05) is 37.3 Å². The SMILES string of the molecule is CC[C@H](C(=O)NC[C@H]1CCC[C@@]12NC(=O)N(C)C2=O)c1ccccc1. The molecule has 1 aliphatic heterocycles. The van der Waals surface area contributed by atoms with E-state index in [4.69, 9.17) is 0 Å². The summed E-state index contributed by atoms with van der Waals surface area (Å²) >= 11 is 0. The Bertz CT molecular complexity index is 676. The third-order valence-electron chi connectivity index (χ3n) is 5.59. The average Bonchev–Trinajstić information content (AvgIpc) is 3.12. The summed E-state index contributed by atoms with van der Waals surface area (Å²) in [5.74, 6) is -0.466. The molecule has 6 heteroatoms. The lowest BCUT2D eigenvalue weighted by molar-refractivity contribution is -0.132. The lowest BCUT2D eigenvalue weighted by atomic mass is 9.86. The van der Waals surface area contributed by atoms with Crippen LogP contribution in [0.1, 0.15) is 44.1 Å². The van der Waals surface area contributed by atoms with Gasteiger partial charge in [-0.2, -0.15) is 0 Å². The van der Waals surface area contributed by atoms with Gasteiger partial charge in [0.15, 0.2) is 0 Å². The van der Waals surface area contributed by atoms with Crippen molar-refractivity contribution >= 4 is 17.8 Å². The van der Waals surface area contributed by atoms with Crippen molar-refractivity contribution in [1.29, 1.82) is 0 Å². The molecule has 0 unspecified atom stereocenters. The lowest BCUT2D eigenvalue weighted by Crippen LogP contribution is -2.53. The maximum absolute atomic E-state index is 12.7. The number of carbonyl (C=O) groups is 3. The Labute approximate surface area is 148 Å². The number of amides is 4. The van der Waals surface area contributed by atoms with E-state index in [0.717, 1.165) is 23.3 Å². The summed E-state index contributed by atoms with van der Waals surface area (Å²) in [5.41, 5.74) is 0.154. The van der Waals surface area contributed by atoms with E-state index in [1.54, 1.807) is 0 Å². The molecule has 1 heterocycles. The number of carbonyl (C=O) groups excluding carboxylic acids is 3. The molecule has 1 aromatic carbocycles. The largest absolute Gasteiger partial charge is 0.355 e. The number of hydrogen-bond donors (Lipinski definition) is 2. The summed E-state index contributed by atoms with van der Waals surface area (Å²) in [6.07, 6.45) is 3.04. The molecule has 2 N–H and O–H groups in total. The standard InChI is InChI=1S/C19H25N3O3/c1-3-15(13-8-5-4-6-9-13)16(23)20-12-14-10-7-11-19(14)17(24)22(2)18(25)21-19/h4-6,8-9,14-15H,3,7,10-12H2,1-2H3,(H,20,23)(H,21,25)/t14-,15+,19-/m1/s1. The lowest BCUT2D eigenvalue weighted by Gasteiger charge is -2.29. The van der Waals surface area contributed by atoms with E-state index in [2.05, 4.69) is 10.6 Å². The fourth-order valence-electron chi connectivity index (χ4n) is 4.12. The van der Waals surface area contributed by atoms with E-state index < -0.39 is 5.54 Å². The Kier molecular flexibility index (Phi) is 4.79. The minimum absolute atomic E-state index is 0.0270. The van der Waals surface area contributed by atoms with Gasteiger partial charge in [0.2, 0.25) is 5.91 Å². The van der Waals surface area contributed by atoms with E-state index in [1.165, 1.54) is 7.05 Å². The normalized spacial score (nSPS) is 26.8. The molecule has 1 aromatic rings. The number of likely N-dealkylation sites (N-methyl/N-ethyl adjacent to an activating group) is 1. The smallest absolute Gasteiger partial charge is 0.324 e. The predicted octanol–water partition coefficient (Wildman–Crippen LogP) is 2.02. The number of hydrogen-bond acceptors (Lipinski definition) is 3. The van der Waals surface area contributed by atoms with E-state index in [-0.39, 0.29) is 29.7 Å². The van der Waals surface area contributed by atoms with Crippen LogP contribution in [-0.2, 0) is 9.59 Å². The molecule has 1 saturated carbocycles. The van der Waals surface area contributed by atoms with Crippen molar-refractivity contribution in [1.82, 2.24) is 15.5 Å². The molecule has 1 saturated heterocycles. The monoisotopic (exact) mass is 343 g/mol. The molecule has 1 aliphatic carbocycles. The van der Waals surface area contributed by atoms with Crippen LogP contribution < -0.4 is 10.6 Å². The Hall–Kier alpha value is -2.37. The first-order valence-electron chi connectivity index (χ1n) is 8.92. The molecule has 3 rings (SSSR count). The third kappa shape index (κ3) is 3.01.